The van der Waals surface area contributed by atoms with Crippen LogP contribution in [0.2, 0.25) is 0 Å². The molecular weight excluding hydrogens is 136 g/mol. The first-order valence-electron chi connectivity index (χ1n) is 2.71. The van der Waals surface area contributed by atoms with E-state index < -0.39 is 12.1 Å². The number of nitrogens with zero attached hydrogens (tertiary/aromatic N) is 1. The van der Waals surface area contributed by atoms with Crippen LogP contribution in [0.1, 0.15) is 6.92 Å². The number of rotatable bonds is 1. The van der Waals surface area contributed by atoms with Gasteiger partial charge in [-0.3, -0.25) is 0 Å². The topological polar surface area (TPSA) is 101 Å². The molecule has 0 atom stereocenters. The maximum atomic E-state index is 10.3. The lowest BCUT2D eigenvalue weighted by Crippen LogP contribution is -2.50. The summed E-state index contributed by atoms with van der Waals surface area (Å²) in [5.41, 5.74) is 11.5. The van der Waals surface area contributed by atoms with Gasteiger partial charge < -0.3 is 11.5 Å². The van der Waals surface area contributed by atoms with E-state index in [0.717, 1.165) is 5.01 Å². The molecule has 0 aliphatic rings. The highest BCUT2D eigenvalue weighted by Crippen LogP contribution is 1.78. The second kappa shape index (κ2) is 3.54. The highest BCUT2D eigenvalue weighted by Gasteiger charge is 2.06. The number of nitrogens with one attached hydrogen (secondary N) is 1. The SMILES string of the molecule is CCN(NC(N)=O)C(N)=O. The van der Waals surface area contributed by atoms with Crippen LogP contribution in [0, 0.1) is 0 Å². The number of carbonyl (C=O) groups excluding carboxylic acids is 2. The predicted molar refractivity (Wildman–Crippen MR) is 34.7 cm³/mol. The molecule has 4 amide bonds. The van der Waals surface area contributed by atoms with Gasteiger partial charge in [0, 0.05) is 6.54 Å². The van der Waals surface area contributed by atoms with Gasteiger partial charge in [0.1, 0.15) is 0 Å². The molecule has 58 valence electrons. The van der Waals surface area contributed by atoms with Gasteiger partial charge in [0.15, 0.2) is 0 Å². The second-order valence-corrected chi connectivity index (χ2v) is 1.56. The number of carbonyl (C=O) groups is 2. The smallest absolute Gasteiger partial charge is 0.333 e. The van der Waals surface area contributed by atoms with Crippen molar-refractivity contribution >= 4 is 12.1 Å². The highest BCUT2D eigenvalue weighted by molar-refractivity contribution is 5.78. The van der Waals surface area contributed by atoms with Crippen LogP contribution in [0.15, 0.2) is 0 Å². The molecule has 0 fully saturated rings. The first kappa shape index (κ1) is 8.54. The summed E-state index contributed by atoms with van der Waals surface area (Å²) in [6.45, 7) is 1.94. The van der Waals surface area contributed by atoms with Crippen molar-refractivity contribution < 1.29 is 9.59 Å². The van der Waals surface area contributed by atoms with Crippen LogP contribution in [0.4, 0.5) is 9.59 Å². The van der Waals surface area contributed by atoms with Crippen molar-refractivity contribution in [3.05, 3.63) is 0 Å². The lowest BCUT2D eigenvalue weighted by molar-refractivity contribution is 0.181. The molecule has 0 saturated carbocycles. The Bertz CT molecular complexity index is 146. The van der Waals surface area contributed by atoms with Gasteiger partial charge in [-0.2, -0.15) is 0 Å². The zero-order valence-electron chi connectivity index (χ0n) is 5.63. The molecular formula is C4H10N4O2. The van der Waals surface area contributed by atoms with Crippen LogP contribution in [0.3, 0.4) is 0 Å². The maximum absolute atomic E-state index is 10.3. The molecule has 0 aromatic heterocycles. The number of hydrazine groups is 1. The fraction of sp³-hybridized carbons (Fsp3) is 0.500. The molecule has 0 saturated heterocycles. The van der Waals surface area contributed by atoms with Gasteiger partial charge in [0.25, 0.3) is 0 Å². The number of hydrogen-bond acceptors (Lipinski definition) is 2. The van der Waals surface area contributed by atoms with Crippen LogP contribution < -0.4 is 16.9 Å². The van der Waals surface area contributed by atoms with Crippen molar-refractivity contribution in [3.63, 3.8) is 0 Å². The fourth-order valence-corrected chi connectivity index (χ4v) is 0.423. The first-order chi connectivity index (χ1) is 4.57. The van der Waals surface area contributed by atoms with E-state index in [1.165, 1.54) is 0 Å². The van der Waals surface area contributed by atoms with Gasteiger partial charge in [0.2, 0.25) is 0 Å². The minimum Gasteiger partial charge on any atom is -0.350 e. The summed E-state index contributed by atoms with van der Waals surface area (Å²) in [7, 11) is 0. The second-order valence-electron chi connectivity index (χ2n) is 1.56. The number of hydrogen-bond donors (Lipinski definition) is 3. The van der Waals surface area contributed by atoms with Crippen molar-refractivity contribution in [2.24, 2.45) is 11.5 Å². The lowest BCUT2D eigenvalue weighted by Gasteiger charge is -2.16. The van der Waals surface area contributed by atoms with Crippen molar-refractivity contribution in [3.8, 4) is 0 Å². The third-order valence-corrected chi connectivity index (χ3v) is 0.827. The maximum Gasteiger partial charge on any atom is 0.333 e. The van der Waals surface area contributed by atoms with Gasteiger partial charge in [0.05, 0.1) is 0 Å². The van der Waals surface area contributed by atoms with Crippen molar-refractivity contribution in [1.29, 1.82) is 0 Å². The van der Waals surface area contributed by atoms with E-state index in [4.69, 9.17) is 11.5 Å². The third-order valence-electron chi connectivity index (χ3n) is 0.827. The monoisotopic (exact) mass is 146 g/mol. The van der Waals surface area contributed by atoms with Gasteiger partial charge in [-0.25, -0.2) is 20.0 Å². The number of nitrogens with two attached hydrogens (primary N) is 2. The molecule has 0 spiro atoms. The predicted octanol–water partition coefficient (Wildman–Crippen LogP) is -1.03. The van der Waals surface area contributed by atoms with Crippen LogP contribution in [-0.2, 0) is 0 Å². The molecule has 0 aromatic rings. The van der Waals surface area contributed by atoms with E-state index in [0.29, 0.717) is 0 Å². The zero-order chi connectivity index (χ0) is 8.15. The largest absolute Gasteiger partial charge is 0.350 e. The van der Waals surface area contributed by atoms with Crippen LogP contribution in [0.25, 0.3) is 0 Å². The first-order valence-corrected chi connectivity index (χ1v) is 2.71. The summed E-state index contributed by atoms with van der Waals surface area (Å²) in [6, 6.07) is -1.54. The van der Waals surface area contributed by atoms with E-state index in [1.807, 2.05) is 5.43 Å². The quantitative estimate of drug-likeness (QED) is 0.412. The van der Waals surface area contributed by atoms with Gasteiger partial charge in [-0.05, 0) is 6.92 Å². The van der Waals surface area contributed by atoms with Crippen molar-refractivity contribution in [2.75, 3.05) is 6.54 Å². The van der Waals surface area contributed by atoms with Gasteiger partial charge in [-0.1, -0.05) is 0 Å². The molecule has 0 radical (unpaired) electrons. The van der Waals surface area contributed by atoms with E-state index in [9.17, 15) is 9.59 Å². The Morgan fingerprint density at radius 2 is 2.00 bits per heavy atom. The molecule has 0 unspecified atom stereocenters. The lowest BCUT2D eigenvalue weighted by atomic mass is 10.7. The summed E-state index contributed by atoms with van der Waals surface area (Å²) in [6.07, 6.45) is 0. The summed E-state index contributed by atoms with van der Waals surface area (Å²) in [4.78, 5) is 20.5. The normalized spacial score (nSPS) is 8.50. The Morgan fingerprint density at radius 3 is 2.10 bits per heavy atom. The summed E-state index contributed by atoms with van der Waals surface area (Å²) in [5.74, 6) is 0. The number of amides is 4. The van der Waals surface area contributed by atoms with Crippen LogP contribution in [-0.4, -0.2) is 23.6 Å². The van der Waals surface area contributed by atoms with Gasteiger partial charge >= 0.3 is 12.1 Å². The van der Waals surface area contributed by atoms with E-state index in [2.05, 4.69) is 0 Å². The van der Waals surface area contributed by atoms with E-state index >= 15 is 0 Å². The molecule has 0 heterocycles. The molecule has 0 bridgehead atoms. The zero-order valence-corrected chi connectivity index (χ0v) is 5.63. The number of urea groups is 2. The summed E-state index contributed by atoms with van der Waals surface area (Å²) < 4.78 is 0. The van der Waals surface area contributed by atoms with E-state index in [-0.39, 0.29) is 6.54 Å². The Labute approximate surface area is 58.1 Å². The van der Waals surface area contributed by atoms with Gasteiger partial charge in [-0.15, -0.1) is 0 Å². The molecule has 5 N–H and O–H groups in total. The summed E-state index contributed by atoms with van der Waals surface area (Å²) in [5, 5.41) is 0.905. The standard InChI is InChI=1S/C4H10N4O2/c1-2-8(4(6)10)7-3(5)9/h2H2,1H3,(H2,6,10)(H3,5,7,9). The Hall–Kier alpha value is -1.46. The molecule has 0 aliphatic heterocycles. The molecule has 6 nitrogen and oxygen atoms in total. The third kappa shape index (κ3) is 2.75. The molecule has 0 aliphatic carbocycles. The minimum atomic E-state index is -0.805. The Balaban J connectivity index is 3.83. The Kier molecular flexibility index (Phi) is 3.03. The van der Waals surface area contributed by atoms with E-state index in [1.54, 1.807) is 6.92 Å². The van der Waals surface area contributed by atoms with Crippen LogP contribution >= 0.6 is 0 Å². The average molecular weight is 146 g/mol. The fourth-order valence-electron chi connectivity index (χ4n) is 0.423. The van der Waals surface area contributed by atoms with Crippen LogP contribution in [0.5, 0.6) is 0 Å². The number of primary amides is 2. The summed E-state index contributed by atoms with van der Waals surface area (Å²) >= 11 is 0. The average Bonchev–Trinajstić information content (AvgIpc) is 1.81. The van der Waals surface area contributed by atoms with Crippen molar-refractivity contribution in [1.82, 2.24) is 10.4 Å². The minimum absolute atomic E-state index is 0.290. The Morgan fingerprint density at radius 1 is 1.50 bits per heavy atom. The molecule has 6 heteroatoms. The van der Waals surface area contributed by atoms with Crippen molar-refractivity contribution in [2.45, 2.75) is 6.92 Å². The molecule has 0 rings (SSSR count). The molecule has 10 heavy (non-hydrogen) atoms. The highest BCUT2D eigenvalue weighted by atomic mass is 16.2. The molecule has 0 aromatic carbocycles.